The molecule has 29 heavy (non-hydrogen) atoms. The molecule has 0 saturated carbocycles. The van der Waals surface area contributed by atoms with Crippen LogP contribution in [-0.4, -0.2) is 71.6 Å². The van der Waals surface area contributed by atoms with Crippen molar-refractivity contribution in [2.75, 3.05) is 45.9 Å². The van der Waals surface area contributed by atoms with Crippen LogP contribution in [0, 0.1) is 6.92 Å². The highest BCUT2D eigenvalue weighted by molar-refractivity contribution is 7.10. The summed E-state index contributed by atoms with van der Waals surface area (Å²) in [5.41, 5.74) is 0.0300. The molecule has 160 valence electrons. The standard InChI is InChI=1S/C20H33N7OS/c1-16-24-25-18(26(16)4)14-22-19(21-7-8-27-9-11-28-12-10-27)23-15-20(2,3)17-6-5-13-29-17/h5-6,13H,7-12,14-15H2,1-4H3,(H2,21,22,23). The number of guanidine groups is 1. The topological polar surface area (TPSA) is 79.6 Å². The summed E-state index contributed by atoms with van der Waals surface area (Å²) in [7, 11) is 1.97. The first-order valence-electron chi connectivity index (χ1n) is 10.2. The van der Waals surface area contributed by atoms with E-state index in [9.17, 15) is 0 Å². The highest BCUT2D eigenvalue weighted by atomic mass is 32.1. The van der Waals surface area contributed by atoms with E-state index in [0.29, 0.717) is 6.54 Å². The zero-order valence-electron chi connectivity index (χ0n) is 17.9. The van der Waals surface area contributed by atoms with Gasteiger partial charge in [-0.1, -0.05) is 19.9 Å². The molecule has 0 unspecified atom stereocenters. The van der Waals surface area contributed by atoms with Gasteiger partial charge in [-0.3, -0.25) is 4.90 Å². The maximum Gasteiger partial charge on any atom is 0.191 e. The van der Waals surface area contributed by atoms with E-state index in [4.69, 9.17) is 9.73 Å². The number of hydrogen-bond donors (Lipinski definition) is 2. The lowest BCUT2D eigenvalue weighted by Crippen LogP contribution is -2.46. The minimum absolute atomic E-state index is 0.0300. The van der Waals surface area contributed by atoms with Gasteiger partial charge in [0, 0.05) is 50.1 Å². The largest absolute Gasteiger partial charge is 0.379 e. The lowest BCUT2D eigenvalue weighted by Gasteiger charge is -2.28. The molecule has 0 spiro atoms. The molecular weight excluding hydrogens is 386 g/mol. The fourth-order valence-electron chi connectivity index (χ4n) is 3.13. The second kappa shape index (κ2) is 10.2. The van der Waals surface area contributed by atoms with Crippen molar-refractivity contribution < 1.29 is 4.74 Å². The summed E-state index contributed by atoms with van der Waals surface area (Å²) in [5, 5.41) is 17.5. The predicted octanol–water partition coefficient (Wildman–Crippen LogP) is 1.53. The second-order valence-corrected chi connectivity index (χ2v) is 8.93. The fourth-order valence-corrected chi connectivity index (χ4v) is 3.98. The molecular formula is C20H33N7OS. The van der Waals surface area contributed by atoms with Crippen LogP contribution in [-0.2, 0) is 23.7 Å². The Bertz CT molecular complexity index is 779. The quantitative estimate of drug-likeness (QED) is 0.499. The summed E-state index contributed by atoms with van der Waals surface area (Å²) in [6.07, 6.45) is 0. The minimum atomic E-state index is 0.0300. The van der Waals surface area contributed by atoms with Gasteiger partial charge >= 0.3 is 0 Å². The summed E-state index contributed by atoms with van der Waals surface area (Å²) < 4.78 is 7.40. The number of aryl methyl sites for hydroxylation is 1. The van der Waals surface area contributed by atoms with Crippen LogP contribution in [0.5, 0.6) is 0 Å². The van der Waals surface area contributed by atoms with Gasteiger partial charge in [-0.15, -0.1) is 21.5 Å². The number of ether oxygens (including phenoxy) is 1. The molecule has 0 bridgehead atoms. The smallest absolute Gasteiger partial charge is 0.191 e. The van der Waals surface area contributed by atoms with Crippen molar-refractivity contribution in [2.24, 2.45) is 12.0 Å². The maximum atomic E-state index is 5.43. The average Bonchev–Trinajstić information content (AvgIpc) is 3.37. The van der Waals surface area contributed by atoms with Gasteiger partial charge in [0.05, 0.1) is 13.2 Å². The van der Waals surface area contributed by atoms with Crippen LogP contribution in [0.4, 0.5) is 0 Å². The molecule has 0 aliphatic carbocycles. The minimum Gasteiger partial charge on any atom is -0.379 e. The first-order chi connectivity index (χ1) is 14.0. The first-order valence-corrected chi connectivity index (χ1v) is 11.0. The second-order valence-electron chi connectivity index (χ2n) is 7.98. The van der Waals surface area contributed by atoms with E-state index in [-0.39, 0.29) is 5.41 Å². The number of rotatable bonds is 8. The molecule has 2 aromatic rings. The summed E-state index contributed by atoms with van der Waals surface area (Å²) in [4.78, 5) is 8.54. The molecule has 0 aromatic carbocycles. The SMILES string of the molecule is Cc1nnc(CN=C(NCCN2CCOCC2)NCC(C)(C)c2cccs2)n1C. The lowest BCUT2D eigenvalue weighted by molar-refractivity contribution is 0.0389. The zero-order valence-corrected chi connectivity index (χ0v) is 18.8. The average molecular weight is 420 g/mol. The summed E-state index contributed by atoms with van der Waals surface area (Å²) >= 11 is 1.79. The summed E-state index contributed by atoms with van der Waals surface area (Å²) in [6.45, 7) is 13.2. The van der Waals surface area contributed by atoms with Gasteiger partial charge in [-0.05, 0) is 18.4 Å². The summed E-state index contributed by atoms with van der Waals surface area (Å²) in [5.74, 6) is 2.56. The third-order valence-electron chi connectivity index (χ3n) is 5.27. The van der Waals surface area contributed by atoms with Gasteiger partial charge in [-0.25, -0.2) is 4.99 Å². The molecule has 0 atom stereocenters. The summed E-state index contributed by atoms with van der Waals surface area (Å²) in [6, 6.07) is 4.30. The number of thiophene rings is 1. The lowest BCUT2D eigenvalue weighted by atomic mass is 9.91. The van der Waals surface area contributed by atoms with E-state index < -0.39 is 0 Å². The van der Waals surface area contributed by atoms with Crippen molar-refractivity contribution in [1.82, 2.24) is 30.3 Å². The predicted molar refractivity (Wildman–Crippen MR) is 117 cm³/mol. The van der Waals surface area contributed by atoms with Crippen LogP contribution in [0.1, 0.15) is 30.4 Å². The number of nitrogens with one attached hydrogen (secondary N) is 2. The molecule has 3 heterocycles. The van der Waals surface area contributed by atoms with E-state index in [1.807, 2.05) is 18.5 Å². The van der Waals surface area contributed by atoms with Crippen LogP contribution >= 0.6 is 11.3 Å². The third-order valence-corrected chi connectivity index (χ3v) is 6.51. The zero-order chi connectivity index (χ0) is 20.7. The van der Waals surface area contributed by atoms with Crippen molar-refractivity contribution >= 4 is 17.3 Å². The van der Waals surface area contributed by atoms with E-state index >= 15 is 0 Å². The Morgan fingerprint density at radius 2 is 2.07 bits per heavy atom. The molecule has 1 aliphatic rings. The molecule has 3 rings (SSSR count). The number of hydrogen-bond acceptors (Lipinski definition) is 6. The van der Waals surface area contributed by atoms with E-state index in [1.165, 1.54) is 4.88 Å². The number of aliphatic imine (C=N–C) groups is 1. The van der Waals surface area contributed by atoms with Crippen molar-refractivity contribution in [1.29, 1.82) is 0 Å². The van der Waals surface area contributed by atoms with Gasteiger partial charge in [0.2, 0.25) is 0 Å². The normalized spacial score (nSPS) is 16.2. The van der Waals surface area contributed by atoms with Gasteiger partial charge in [0.15, 0.2) is 11.8 Å². The van der Waals surface area contributed by atoms with Crippen molar-refractivity contribution in [2.45, 2.75) is 32.7 Å². The van der Waals surface area contributed by atoms with Crippen LogP contribution in [0.2, 0.25) is 0 Å². The monoisotopic (exact) mass is 419 g/mol. The molecule has 0 amide bonds. The van der Waals surface area contributed by atoms with Crippen LogP contribution in [0.15, 0.2) is 22.5 Å². The Morgan fingerprint density at radius 3 is 2.72 bits per heavy atom. The first kappa shape index (κ1) is 21.7. The Labute approximate surface area is 177 Å². The van der Waals surface area contributed by atoms with Crippen LogP contribution in [0.3, 0.4) is 0 Å². The molecule has 2 aromatic heterocycles. The molecule has 9 heteroatoms. The van der Waals surface area contributed by atoms with Gasteiger partial charge in [-0.2, -0.15) is 0 Å². The molecule has 1 saturated heterocycles. The highest BCUT2D eigenvalue weighted by Crippen LogP contribution is 2.26. The van der Waals surface area contributed by atoms with Crippen LogP contribution < -0.4 is 10.6 Å². The van der Waals surface area contributed by atoms with Crippen molar-refractivity contribution in [3.63, 3.8) is 0 Å². The Morgan fingerprint density at radius 1 is 1.28 bits per heavy atom. The number of nitrogens with zero attached hydrogens (tertiary/aromatic N) is 5. The van der Waals surface area contributed by atoms with E-state index in [2.05, 4.69) is 57.1 Å². The fraction of sp³-hybridized carbons (Fsp3) is 0.650. The molecule has 1 aliphatic heterocycles. The maximum absolute atomic E-state index is 5.43. The van der Waals surface area contributed by atoms with E-state index in [1.54, 1.807) is 11.3 Å². The van der Waals surface area contributed by atoms with Gasteiger partial charge in [0.1, 0.15) is 12.4 Å². The Kier molecular flexibility index (Phi) is 7.63. The van der Waals surface area contributed by atoms with Crippen molar-refractivity contribution in [3.8, 4) is 0 Å². The molecule has 8 nitrogen and oxygen atoms in total. The molecule has 2 N–H and O–H groups in total. The highest BCUT2D eigenvalue weighted by Gasteiger charge is 2.22. The van der Waals surface area contributed by atoms with Gasteiger partial charge < -0.3 is 19.9 Å². The Balaban J connectivity index is 1.60. The van der Waals surface area contributed by atoms with E-state index in [0.717, 1.165) is 63.5 Å². The van der Waals surface area contributed by atoms with Gasteiger partial charge in [0.25, 0.3) is 0 Å². The molecule has 0 radical (unpaired) electrons. The van der Waals surface area contributed by atoms with Crippen LogP contribution in [0.25, 0.3) is 0 Å². The van der Waals surface area contributed by atoms with Crippen molar-refractivity contribution in [3.05, 3.63) is 34.0 Å². The number of aromatic nitrogens is 3. The number of morpholine rings is 1. The third kappa shape index (κ3) is 6.25. The Hall–Kier alpha value is -1.97. The molecule has 1 fully saturated rings.